The van der Waals surface area contributed by atoms with Crippen LogP contribution in [-0.2, 0) is 14.3 Å². The minimum absolute atomic E-state index is 0.0707. The summed E-state index contributed by atoms with van der Waals surface area (Å²) >= 11 is 0. The van der Waals surface area contributed by atoms with E-state index in [4.69, 9.17) is 9.47 Å². The molecule has 6 heteroatoms. The summed E-state index contributed by atoms with van der Waals surface area (Å²) in [6.45, 7) is 2.05. The van der Waals surface area contributed by atoms with Crippen LogP contribution in [0.2, 0.25) is 0 Å². The third kappa shape index (κ3) is 8.42. The van der Waals surface area contributed by atoms with Gasteiger partial charge >= 0.3 is 5.97 Å². The molecule has 0 amide bonds. The molecule has 4 atom stereocenters. The Hall–Kier alpha value is -0.690. The monoisotopic (exact) mass is 346 g/mol. The Labute approximate surface area is 145 Å². The minimum Gasteiger partial charge on any atom is -0.463 e. The number of carbonyl (C=O) groups excluding carboxylic acids is 1. The largest absolute Gasteiger partial charge is 0.463 e. The fraction of sp³-hybridized carbons (Fsp3) is 0.944. The molecule has 0 bridgehead atoms. The molecule has 142 valence electrons. The van der Waals surface area contributed by atoms with E-state index in [0.717, 1.165) is 19.3 Å². The molecule has 1 aliphatic rings. The molecule has 0 saturated carbocycles. The van der Waals surface area contributed by atoms with Crippen molar-refractivity contribution in [1.29, 1.82) is 0 Å². The van der Waals surface area contributed by atoms with E-state index in [0.29, 0.717) is 6.42 Å². The second-order valence-corrected chi connectivity index (χ2v) is 6.68. The van der Waals surface area contributed by atoms with Crippen LogP contribution in [0.25, 0.3) is 0 Å². The van der Waals surface area contributed by atoms with Gasteiger partial charge in [-0.1, -0.05) is 58.3 Å². The molecule has 1 heterocycles. The molecule has 4 unspecified atom stereocenters. The maximum absolute atomic E-state index is 11.7. The third-order valence-electron chi connectivity index (χ3n) is 4.50. The smallest absolute Gasteiger partial charge is 0.305 e. The highest BCUT2D eigenvalue weighted by Gasteiger charge is 2.38. The van der Waals surface area contributed by atoms with Gasteiger partial charge in [0.2, 0.25) is 0 Å². The Kier molecular flexibility index (Phi) is 11.2. The first-order valence-corrected chi connectivity index (χ1v) is 9.37. The summed E-state index contributed by atoms with van der Waals surface area (Å²) in [5, 5.41) is 28.6. The maximum atomic E-state index is 11.7. The quantitative estimate of drug-likeness (QED) is 0.369. The van der Waals surface area contributed by atoms with Crippen molar-refractivity contribution in [3.8, 4) is 0 Å². The Morgan fingerprint density at radius 3 is 2.17 bits per heavy atom. The van der Waals surface area contributed by atoms with Crippen LogP contribution in [-0.4, -0.2) is 58.9 Å². The van der Waals surface area contributed by atoms with Gasteiger partial charge in [-0.25, -0.2) is 0 Å². The van der Waals surface area contributed by atoms with E-state index >= 15 is 0 Å². The molecule has 1 saturated heterocycles. The average Bonchev–Trinajstić information content (AvgIpc) is 2.57. The standard InChI is InChI=1S/C18H34O6/c1-2-3-4-5-6-7-8-9-10-11-16(20)24-13-15-18(22)17(21)14(19)12-23-15/h14-15,17-19,21-22H,2-13H2,1H3. The van der Waals surface area contributed by atoms with Gasteiger partial charge in [-0.3, -0.25) is 4.79 Å². The molecular weight excluding hydrogens is 312 g/mol. The topological polar surface area (TPSA) is 96.2 Å². The number of hydrogen-bond acceptors (Lipinski definition) is 6. The lowest BCUT2D eigenvalue weighted by atomic mass is 10.0. The van der Waals surface area contributed by atoms with Gasteiger partial charge in [0, 0.05) is 6.42 Å². The SMILES string of the molecule is CCCCCCCCCCCC(=O)OCC1OCC(O)C(O)C1O. The van der Waals surface area contributed by atoms with Gasteiger partial charge in [0.1, 0.15) is 31.0 Å². The van der Waals surface area contributed by atoms with Crippen molar-refractivity contribution in [3.05, 3.63) is 0 Å². The molecule has 6 nitrogen and oxygen atoms in total. The average molecular weight is 346 g/mol. The summed E-state index contributed by atoms with van der Waals surface area (Å²) in [5.74, 6) is -0.311. The number of ether oxygens (including phenoxy) is 2. The van der Waals surface area contributed by atoms with E-state index in [1.54, 1.807) is 0 Å². The highest BCUT2D eigenvalue weighted by Crippen LogP contribution is 2.16. The van der Waals surface area contributed by atoms with Crippen molar-refractivity contribution >= 4 is 5.97 Å². The van der Waals surface area contributed by atoms with Crippen molar-refractivity contribution in [1.82, 2.24) is 0 Å². The van der Waals surface area contributed by atoms with Crippen LogP contribution in [0, 0.1) is 0 Å². The second kappa shape index (κ2) is 12.6. The van der Waals surface area contributed by atoms with Crippen LogP contribution in [0.3, 0.4) is 0 Å². The predicted octanol–water partition coefficient (Wildman–Crippen LogP) is 1.93. The number of aliphatic hydroxyl groups is 3. The zero-order valence-corrected chi connectivity index (χ0v) is 14.9. The normalized spacial score (nSPS) is 27.2. The molecule has 0 radical (unpaired) electrons. The van der Waals surface area contributed by atoms with Crippen LogP contribution in [0.5, 0.6) is 0 Å². The number of hydrogen-bond donors (Lipinski definition) is 3. The van der Waals surface area contributed by atoms with E-state index in [1.807, 2.05) is 0 Å². The summed E-state index contributed by atoms with van der Waals surface area (Å²) < 4.78 is 10.3. The third-order valence-corrected chi connectivity index (χ3v) is 4.50. The van der Waals surface area contributed by atoms with E-state index in [-0.39, 0.29) is 19.2 Å². The molecule has 0 aromatic heterocycles. The van der Waals surface area contributed by atoms with Gasteiger partial charge < -0.3 is 24.8 Å². The van der Waals surface area contributed by atoms with Crippen LogP contribution in [0.15, 0.2) is 0 Å². The first-order valence-electron chi connectivity index (χ1n) is 9.37. The van der Waals surface area contributed by atoms with E-state index < -0.39 is 24.4 Å². The maximum Gasteiger partial charge on any atom is 0.305 e. The molecule has 0 aromatic rings. The van der Waals surface area contributed by atoms with Crippen molar-refractivity contribution in [2.24, 2.45) is 0 Å². The van der Waals surface area contributed by atoms with Gasteiger partial charge in [-0.05, 0) is 6.42 Å². The first kappa shape index (κ1) is 21.4. The lowest BCUT2D eigenvalue weighted by Gasteiger charge is -2.34. The van der Waals surface area contributed by atoms with Gasteiger partial charge in [0.15, 0.2) is 0 Å². The zero-order valence-electron chi connectivity index (χ0n) is 14.9. The molecule has 1 rings (SSSR count). The Morgan fingerprint density at radius 2 is 1.54 bits per heavy atom. The minimum atomic E-state index is -1.26. The molecule has 0 aliphatic carbocycles. The van der Waals surface area contributed by atoms with Gasteiger partial charge in [-0.15, -0.1) is 0 Å². The van der Waals surface area contributed by atoms with Gasteiger partial charge in [0.05, 0.1) is 6.61 Å². The van der Waals surface area contributed by atoms with E-state index in [9.17, 15) is 20.1 Å². The Balaban J connectivity index is 1.98. The van der Waals surface area contributed by atoms with Crippen molar-refractivity contribution in [2.75, 3.05) is 13.2 Å². The summed E-state index contributed by atoms with van der Waals surface area (Å²) in [7, 11) is 0. The van der Waals surface area contributed by atoms with Crippen LogP contribution in [0.1, 0.15) is 71.1 Å². The zero-order chi connectivity index (χ0) is 17.8. The van der Waals surface area contributed by atoms with Crippen molar-refractivity contribution in [3.63, 3.8) is 0 Å². The lowest BCUT2D eigenvalue weighted by molar-refractivity contribution is -0.201. The first-order chi connectivity index (χ1) is 11.6. The molecule has 0 aromatic carbocycles. The van der Waals surface area contributed by atoms with E-state index in [2.05, 4.69) is 6.92 Å². The number of unbranched alkanes of at least 4 members (excludes halogenated alkanes) is 8. The number of aliphatic hydroxyl groups excluding tert-OH is 3. The Morgan fingerprint density at radius 1 is 0.958 bits per heavy atom. The van der Waals surface area contributed by atoms with Crippen molar-refractivity contribution in [2.45, 2.75) is 95.5 Å². The highest BCUT2D eigenvalue weighted by atomic mass is 16.6. The lowest BCUT2D eigenvalue weighted by Crippen LogP contribution is -2.54. The van der Waals surface area contributed by atoms with Crippen LogP contribution >= 0.6 is 0 Å². The van der Waals surface area contributed by atoms with Crippen LogP contribution in [0.4, 0.5) is 0 Å². The number of rotatable bonds is 12. The van der Waals surface area contributed by atoms with Gasteiger partial charge in [-0.2, -0.15) is 0 Å². The predicted molar refractivity (Wildman–Crippen MR) is 90.6 cm³/mol. The second-order valence-electron chi connectivity index (χ2n) is 6.68. The summed E-state index contributed by atoms with van der Waals surface area (Å²) in [6, 6.07) is 0. The fourth-order valence-electron chi connectivity index (χ4n) is 2.84. The number of carbonyl (C=O) groups is 1. The van der Waals surface area contributed by atoms with Crippen LogP contribution < -0.4 is 0 Å². The molecule has 1 aliphatic heterocycles. The Bertz CT molecular complexity index is 335. The van der Waals surface area contributed by atoms with Gasteiger partial charge in [0.25, 0.3) is 0 Å². The van der Waals surface area contributed by atoms with E-state index in [1.165, 1.54) is 38.5 Å². The highest BCUT2D eigenvalue weighted by molar-refractivity contribution is 5.69. The molecular formula is C18H34O6. The molecule has 1 fully saturated rings. The molecule has 24 heavy (non-hydrogen) atoms. The van der Waals surface area contributed by atoms with Crippen molar-refractivity contribution < 1.29 is 29.6 Å². The summed E-state index contributed by atoms with van der Waals surface area (Å²) in [4.78, 5) is 11.7. The summed E-state index contributed by atoms with van der Waals surface area (Å²) in [5.41, 5.74) is 0. The number of esters is 1. The molecule has 0 spiro atoms. The fourth-order valence-corrected chi connectivity index (χ4v) is 2.84. The summed E-state index contributed by atoms with van der Waals surface area (Å²) in [6.07, 6.45) is 6.67. The molecule has 3 N–H and O–H groups in total.